The van der Waals surface area contributed by atoms with Gasteiger partial charge in [-0.2, -0.15) is 5.26 Å². The third-order valence-electron chi connectivity index (χ3n) is 2.76. The number of rotatable bonds is 4. The summed E-state index contributed by atoms with van der Waals surface area (Å²) in [6, 6.07) is 13.8. The Kier molecular flexibility index (Phi) is 3.87. The molecule has 0 bridgehead atoms. The van der Waals surface area contributed by atoms with Gasteiger partial charge in [-0.25, -0.2) is 4.79 Å². The molecule has 5 heteroatoms. The predicted octanol–water partition coefficient (Wildman–Crippen LogP) is 3.01. The molecule has 0 unspecified atom stereocenters. The van der Waals surface area contributed by atoms with Crippen LogP contribution in [0.15, 0.2) is 42.5 Å². The zero-order valence-electron chi connectivity index (χ0n) is 10.8. The lowest BCUT2D eigenvalue weighted by Gasteiger charge is -2.11. The van der Waals surface area contributed by atoms with Crippen LogP contribution in [0.2, 0.25) is 0 Å². The highest BCUT2D eigenvalue weighted by atomic mass is 16.5. The van der Waals surface area contributed by atoms with E-state index in [0.29, 0.717) is 16.9 Å². The number of carbonyl (C=O) groups is 1. The molecule has 2 aromatic rings. The molecule has 2 rings (SSSR count). The highest BCUT2D eigenvalue weighted by Crippen LogP contribution is 2.26. The molecular weight excluding hydrogens is 256 g/mol. The van der Waals surface area contributed by atoms with Crippen LogP contribution in [0.5, 0.6) is 5.75 Å². The Labute approximate surface area is 116 Å². The van der Waals surface area contributed by atoms with Gasteiger partial charge in [-0.3, -0.25) is 0 Å². The molecule has 0 heterocycles. The molecule has 0 saturated heterocycles. The van der Waals surface area contributed by atoms with E-state index in [1.807, 2.05) is 6.07 Å². The fourth-order valence-corrected chi connectivity index (χ4v) is 1.79. The summed E-state index contributed by atoms with van der Waals surface area (Å²) >= 11 is 0. The SMILES string of the molecule is COc1cc(Nc2ccccc2C#N)ccc1C(=O)O. The van der Waals surface area contributed by atoms with Crippen LogP contribution in [0, 0.1) is 11.3 Å². The number of methoxy groups -OCH3 is 1. The molecule has 100 valence electrons. The molecule has 0 fully saturated rings. The Bertz CT molecular complexity index is 690. The number of carboxylic acids is 1. The summed E-state index contributed by atoms with van der Waals surface area (Å²) in [6.07, 6.45) is 0. The fourth-order valence-electron chi connectivity index (χ4n) is 1.79. The van der Waals surface area contributed by atoms with Crippen LogP contribution in [0.25, 0.3) is 0 Å². The van der Waals surface area contributed by atoms with E-state index in [2.05, 4.69) is 11.4 Å². The van der Waals surface area contributed by atoms with Gasteiger partial charge in [0.05, 0.1) is 18.4 Å². The summed E-state index contributed by atoms with van der Waals surface area (Å²) in [4.78, 5) is 11.0. The largest absolute Gasteiger partial charge is 0.496 e. The molecule has 5 nitrogen and oxygen atoms in total. The van der Waals surface area contributed by atoms with Gasteiger partial charge in [0.1, 0.15) is 17.4 Å². The molecule has 0 aliphatic carbocycles. The Hall–Kier alpha value is -3.00. The standard InChI is InChI=1S/C15H12N2O3/c1-20-14-8-11(6-7-12(14)15(18)19)17-13-5-3-2-4-10(13)9-16/h2-8,17H,1H3,(H,18,19). The average molecular weight is 268 g/mol. The zero-order chi connectivity index (χ0) is 14.5. The van der Waals surface area contributed by atoms with E-state index in [1.54, 1.807) is 30.3 Å². The van der Waals surface area contributed by atoms with Crippen LogP contribution >= 0.6 is 0 Å². The van der Waals surface area contributed by atoms with Crippen molar-refractivity contribution in [2.24, 2.45) is 0 Å². The number of para-hydroxylation sites is 1. The van der Waals surface area contributed by atoms with Crippen molar-refractivity contribution in [3.63, 3.8) is 0 Å². The monoisotopic (exact) mass is 268 g/mol. The number of benzene rings is 2. The lowest BCUT2D eigenvalue weighted by molar-refractivity contribution is 0.0693. The number of anilines is 2. The second-order valence-corrected chi connectivity index (χ2v) is 4.00. The van der Waals surface area contributed by atoms with Crippen molar-refractivity contribution in [3.8, 4) is 11.8 Å². The minimum atomic E-state index is -1.05. The third-order valence-corrected chi connectivity index (χ3v) is 2.76. The molecule has 0 radical (unpaired) electrons. The Morgan fingerprint density at radius 1 is 1.30 bits per heavy atom. The predicted molar refractivity (Wildman–Crippen MR) is 74.4 cm³/mol. The van der Waals surface area contributed by atoms with Gasteiger partial charge < -0.3 is 15.2 Å². The van der Waals surface area contributed by atoms with Crippen molar-refractivity contribution in [2.45, 2.75) is 0 Å². The number of aromatic carboxylic acids is 1. The van der Waals surface area contributed by atoms with Gasteiger partial charge >= 0.3 is 5.97 Å². The number of nitrogens with zero attached hydrogens (tertiary/aromatic N) is 1. The lowest BCUT2D eigenvalue weighted by Crippen LogP contribution is -2.01. The molecule has 0 spiro atoms. The quantitative estimate of drug-likeness (QED) is 0.890. The van der Waals surface area contributed by atoms with Crippen molar-refractivity contribution in [2.75, 3.05) is 12.4 Å². The molecule has 0 aromatic heterocycles. The van der Waals surface area contributed by atoms with Crippen molar-refractivity contribution < 1.29 is 14.6 Å². The first-order chi connectivity index (χ1) is 9.65. The van der Waals surface area contributed by atoms with Gasteiger partial charge in [-0.15, -0.1) is 0 Å². The molecule has 0 amide bonds. The van der Waals surface area contributed by atoms with Crippen molar-refractivity contribution in [1.82, 2.24) is 0 Å². The number of nitrogens with one attached hydrogen (secondary N) is 1. The van der Waals surface area contributed by atoms with E-state index < -0.39 is 5.97 Å². The summed E-state index contributed by atoms with van der Waals surface area (Å²) in [7, 11) is 1.41. The maximum atomic E-state index is 11.0. The number of ether oxygens (including phenoxy) is 1. The molecule has 20 heavy (non-hydrogen) atoms. The van der Waals surface area contributed by atoms with Crippen LogP contribution in [-0.4, -0.2) is 18.2 Å². The molecular formula is C15H12N2O3. The topological polar surface area (TPSA) is 82.3 Å². The normalized spacial score (nSPS) is 9.60. The van der Waals surface area contributed by atoms with Crippen LogP contribution in [0.1, 0.15) is 15.9 Å². The van der Waals surface area contributed by atoms with Gasteiger partial charge in [0.25, 0.3) is 0 Å². The fraction of sp³-hybridized carbons (Fsp3) is 0.0667. The highest BCUT2D eigenvalue weighted by Gasteiger charge is 2.11. The van der Waals surface area contributed by atoms with Crippen LogP contribution in [0.4, 0.5) is 11.4 Å². The van der Waals surface area contributed by atoms with Crippen LogP contribution in [0.3, 0.4) is 0 Å². The summed E-state index contributed by atoms with van der Waals surface area (Å²) in [5.41, 5.74) is 1.90. The van der Waals surface area contributed by atoms with Crippen molar-refractivity contribution in [3.05, 3.63) is 53.6 Å². The van der Waals surface area contributed by atoms with Gasteiger partial charge in [0, 0.05) is 11.8 Å². The summed E-state index contributed by atoms with van der Waals surface area (Å²) < 4.78 is 5.06. The van der Waals surface area contributed by atoms with E-state index in [0.717, 1.165) is 0 Å². The number of hydrogen-bond donors (Lipinski definition) is 2. The van der Waals surface area contributed by atoms with E-state index >= 15 is 0 Å². The highest BCUT2D eigenvalue weighted by molar-refractivity contribution is 5.91. The van der Waals surface area contributed by atoms with Gasteiger partial charge in [-0.1, -0.05) is 12.1 Å². The minimum Gasteiger partial charge on any atom is -0.496 e. The first kappa shape index (κ1) is 13.4. The molecule has 0 aliphatic heterocycles. The minimum absolute atomic E-state index is 0.0895. The van der Waals surface area contributed by atoms with Crippen molar-refractivity contribution >= 4 is 17.3 Å². The average Bonchev–Trinajstić information content (AvgIpc) is 2.47. The number of hydrogen-bond acceptors (Lipinski definition) is 4. The molecule has 0 atom stereocenters. The Morgan fingerprint density at radius 2 is 2.05 bits per heavy atom. The summed E-state index contributed by atoms with van der Waals surface area (Å²) in [6.45, 7) is 0. The van der Waals surface area contributed by atoms with Crippen LogP contribution < -0.4 is 10.1 Å². The second kappa shape index (κ2) is 5.76. The lowest BCUT2D eigenvalue weighted by atomic mass is 10.1. The Balaban J connectivity index is 2.35. The molecule has 0 aliphatic rings. The molecule has 2 aromatic carbocycles. The first-order valence-electron chi connectivity index (χ1n) is 5.83. The Morgan fingerprint density at radius 3 is 2.70 bits per heavy atom. The maximum Gasteiger partial charge on any atom is 0.339 e. The van der Waals surface area contributed by atoms with E-state index in [4.69, 9.17) is 15.1 Å². The number of carboxylic acid groups (broad SMARTS) is 1. The van der Waals surface area contributed by atoms with Gasteiger partial charge in [0.15, 0.2) is 0 Å². The van der Waals surface area contributed by atoms with Crippen molar-refractivity contribution in [1.29, 1.82) is 5.26 Å². The smallest absolute Gasteiger partial charge is 0.339 e. The first-order valence-corrected chi connectivity index (χ1v) is 5.83. The second-order valence-electron chi connectivity index (χ2n) is 4.00. The van der Waals surface area contributed by atoms with E-state index in [9.17, 15) is 4.79 Å². The number of nitriles is 1. The summed E-state index contributed by atoms with van der Waals surface area (Å²) in [5, 5.41) is 21.1. The summed E-state index contributed by atoms with van der Waals surface area (Å²) in [5.74, 6) is -0.789. The van der Waals surface area contributed by atoms with E-state index in [-0.39, 0.29) is 11.3 Å². The van der Waals surface area contributed by atoms with Gasteiger partial charge in [-0.05, 0) is 24.3 Å². The van der Waals surface area contributed by atoms with Crippen LogP contribution in [-0.2, 0) is 0 Å². The molecule has 0 saturated carbocycles. The zero-order valence-corrected chi connectivity index (χ0v) is 10.8. The molecule has 2 N–H and O–H groups in total. The maximum absolute atomic E-state index is 11.0. The third kappa shape index (κ3) is 2.70. The van der Waals surface area contributed by atoms with Gasteiger partial charge in [0.2, 0.25) is 0 Å². The van der Waals surface area contributed by atoms with E-state index in [1.165, 1.54) is 13.2 Å².